The van der Waals surface area contributed by atoms with Crippen LogP contribution < -0.4 is 5.32 Å². The second kappa shape index (κ2) is 8.37. The van der Waals surface area contributed by atoms with E-state index >= 15 is 0 Å². The van der Waals surface area contributed by atoms with Crippen molar-refractivity contribution in [1.82, 2.24) is 10.2 Å². The number of rotatable bonds is 5. The average molecular weight is 467 g/mol. The van der Waals surface area contributed by atoms with E-state index in [-0.39, 0.29) is 29.4 Å². The van der Waals surface area contributed by atoms with Gasteiger partial charge in [-0.2, -0.15) is 8.78 Å². The third-order valence-corrected chi connectivity index (χ3v) is 7.49. The molecule has 1 aromatic heterocycles. The van der Waals surface area contributed by atoms with Gasteiger partial charge < -0.3 is 10.2 Å². The van der Waals surface area contributed by atoms with E-state index < -0.39 is 12.0 Å². The van der Waals surface area contributed by atoms with Crippen molar-refractivity contribution >= 4 is 23.2 Å². The van der Waals surface area contributed by atoms with Crippen molar-refractivity contribution in [3.8, 4) is 11.1 Å². The van der Waals surface area contributed by atoms with Crippen molar-refractivity contribution in [1.29, 1.82) is 0 Å². The van der Waals surface area contributed by atoms with Gasteiger partial charge in [0, 0.05) is 22.5 Å². The summed E-state index contributed by atoms with van der Waals surface area (Å²) in [6, 6.07) is 12.8. The SMILES string of the molecule is Cc1csc(CNC(=O)C2CCCN2C(=O)Cc2ccc3c(c2)-c2ccccc2C3(F)F)c1. The van der Waals surface area contributed by atoms with E-state index in [4.69, 9.17) is 0 Å². The zero-order valence-corrected chi connectivity index (χ0v) is 19.1. The number of carbonyl (C=O) groups is 2. The number of halogens is 2. The van der Waals surface area contributed by atoms with E-state index in [1.54, 1.807) is 46.6 Å². The van der Waals surface area contributed by atoms with Crippen molar-refractivity contribution in [2.45, 2.75) is 44.7 Å². The van der Waals surface area contributed by atoms with Crippen LogP contribution in [0, 0.1) is 6.92 Å². The predicted octanol–water partition coefficient (Wildman–Crippen LogP) is 5.03. The van der Waals surface area contributed by atoms with Crippen LogP contribution in [0.25, 0.3) is 11.1 Å². The Bertz CT molecular complexity index is 1240. The molecule has 3 aromatic rings. The normalized spacial score (nSPS) is 18.2. The number of benzene rings is 2. The zero-order chi connectivity index (χ0) is 23.2. The number of nitrogens with one attached hydrogen (secondary N) is 1. The topological polar surface area (TPSA) is 49.4 Å². The van der Waals surface area contributed by atoms with Gasteiger partial charge in [0.15, 0.2) is 0 Å². The smallest absolute Gasteiger partial charge is 0.299 e. The molecule has 0 bridgehead atoms. The molecule has 5 rings (SSSR count). The lowest BCUT2D eigenvalue weighted by atomic mass is 10.0. The van der Waals surface area contributed by atoms with Gasteiger partial charge in [-0.25, -0.2) is 0 Å². The fourth-order valence-electron chi connectivity index (χ4n) is 4.82. The van der Waals surface area contributed by atoms with Crippen molar-refractivity contribution in [3.05, 3.63) is 81.0 Å². The molecule has 2 heterocycles. The number of likely N-dealkylation sites (tertiary alicyclic amines) is 1. The molecular weight excluding hydrogens is 442 g/mol. The summed E-state index contributed by atoms with van der Waals surface area (Å²) in [5, 5.41) is 4.99. The van der Waals surface area contributed by atoms with Crippen LogP contribution in [0.15, 0.2) is 53.9 Å². The summed E-state index contributed by atoms with van der Waals surface area (Å²) < 4.78 is 29.6. The number of thiophene rings is 1. The fourth-order valence-corrected chi connectivity index (χ4v) is 5.64. The maximum Gasteiger partial charge on any atom is 0.299 e. The van der Waals surface area contributed by atoms with Crippen LogP contribution >= 0.6 is 11.3 Å². The largest absolute Gasteiger partial charge is 0.349 e. The minimum Gasteiger partial charge on any atom is -0.349 e. The number of hydrogen-bond donors (Lipinski definition) is 1. The Morgan fingerprint density at radius 2 is 1.91 bits per heavy atom. The maximum atomic E-state index is 14.8. The number of amides is 2. The highest BCUT2D eigenvalue weighted by molar-refractivity contribution is 7.10. The minimum absolute atomic E-state index is 0.000638. The van der Waals surface area contributed by atoms with Gasteiger partial charge in [-0.3, -0.25) is 9.59 Å². The lowest BCUT2D eigenvalue weighted by Crippen LogP contribution is -2.46. The first-order valence-electron chi connectivity index (χ1n) is 11.1. The molecule has 1 atom stereocenters. The van der Waals surface area contributed by atoms with E-state index in [0.717, 1.165) is 16.9 Å². The number of hydrogen-bond acceptors (Lipinski definition) is 3. The molecule has 2 aliphatic rings. The van der Waals surface area contributed by atoms with E-state index in [9.17, 15) is 18.4 Å². The van der Waals surface area contributed by atoms with E-state index in [1.165, 1.54) is 12.1 Å². The van der Waals surface area contributed by atoms with Crippen molar-refractivity contribution < 1.29 is 18.4 Å². The first-order valence-corrected chi connectivity index (χ1v) is 11.9. The highest BCUT2D eigenvalue weighted by Crippen LogP contribution is 2.50. The summed E-state index contributed by atoms with van der Waals surface area (Å²) in [4.78, 5) is 28.6. The molecule has 1 N–H and O–H groups in total. The summed E-state index contributed by atoms with van der Waals surface area (Å²) in [5.41, 5.74) is 2.79. The van der Waals surface area contributed by atoms with Gasteiger partial charge in [-0.1, -0.05) is 42.5 Å². The molecular formula is C26H24F2N2O2S. The van der Waals surface area contributed by atoms with Gasteiger partial charge in [-0.05, 0) is 53.5 Å². The molecule has 4 nitrogen and oxygen atoms in total. The number of aryl methyl sites for hydroxylation is 1. The van der Waals surface area contributed by atoms with Crippen LogP contribution in [-0.4, -0.2) is 29.3 Å². The van der Waals surface area contributed by atoms with Gasteiger partial charge in [0.05, 0.1) is 13.0 Å². The number of fused-ring (bicyclic) bond motifs is 3. The predicted molar refractivity (Wildman–Crippen MR) is 124 cm³/mol. The molecule has 1 aliphatic heterocycles. The van der Waals surface area contributed by atoms with Crippen LogP contribution in [0.4, 0.5) is 8.78 Å². The lowest BCUT2D eigenvalue weighted by molar-refractivity contribution is -0.138. The molecule has 0 saturated carbocycles. The molecule has 0 spiro atoms. The summed E-state index contributed by atoms with van der Waals surface area (Å²) in [7, 11) is 0. The molecule has 0 radical (unpaired) electrons. The standard InChI is InChI=1S/C26H24F2N2O2S/c1-16-11-18(33-15-16)14-29-25(32)23-7-4-10-30(23)24(31)13-17-8-9-22-20(12-17)19-5-2-3-6-21(19)26(22,27)28/h2-3,5-6,8-9,11-12,15,23H,4,7,10,13-14H2,1H3,(H,29,32). The highest BCUT2D eigenvalue weighted by Gasteiger charge is 2.44. The first-order chi connectivity index (χ1) is 15.8. The summed E-state index contributed by atoms with van der Waals surface area (Å²) in [6.45, 7) is 2.99. The third-order valence-electron chi connectivity index (χ3n) is 6.43. The number of alkyl halides is 2. The van der Waals surface area contributed by atoms with Crippen molar-refractivity contribution in [3.63, 3.8) is 0 Å². The van der Waals surface area contributed by atoms with Crippen LogP contribution in [0.5, 0.6) is 0 Å². The van der Waals surface area contributed by atoms with Crippen molar-refractivity contribution in [2.75, 3.05) is 6.54 Å². The molecule has 2 amide bonds. The molecule has 1 saturated heterocycles. The van der Waals surface area contributed by atoms with Crippen LogP contribution in [-0.2, 0) is 28.5 Å². The second-order valence-electron chi connectivity index (χ2n) is 8.73. The Hall–Kier alpha value is -3.06. The molecule has 2 aromatic carbocycles. The first kappa shape index (κ1) is 21.8. The molecule has 170 valence electrons. The van der Waals surface area contributed by atoms with Gasteiger partial charge in [0.2, 0.25) is 11.8 Å². The van der Waals surface area contributed by atoms with E-state index in [1.807, 2.05) is 18.4 Å². The Kier molecular flexibility index (Phi) is 5.52. The zero-order valence-electron chi connectivity index (χ0n) is 18.2. The molecule has 1 unspecified atom stereocenters. The Morgan fingerprint density at radius 1 is 1.12 bits per heavy atom. The van der Waals surface area contributed by atoms with Crippen molar-refractivity contribution in [2.24, 2.45) is 0 Å². The molecule has 1 fully saturated rings. The van der Waals surface area contributed by atoms with E-state index in [0.29, 0.717) is 36.2 Å². The minimum atomic E-state index is -3.03. The second-order valence-corrected chi connectivity index (χ2v) is 9.73. The van der Waals surface area contributed by atoms with E-state index in [2.05, 4.69) is 5.32 Å². The Labute approximate surface area is 195 Å². The number of carbonyl (C=O) groups excluding carboxylic acids is 2. The third kappa shape index (κ3) is 3.95. The lowest BCUT2D eigenvalue weighted by Gasteiger charge is -2.24. The molecule has 7 heteroatoms. The number of nitrogens with zero attached hydrogens (tertiary/aromatic N) is 1. The maximum absolute atomic E-state index is 14.8. The fraction of sp³-hybridized carbons (Fsp3) is 0.308. The van der Waals surface area contributed by atoms with Gasteiger partial charge >= 0.3 is 0 Å². The van der Waals surface area contributed by atoms with Crippen LogP contribution in [0.1, 0.15) is 40.0 Å². The van der Waals surface area contributed by atoms with Gasteiger partial charge in [0.25, 0.3) is 5.92 Å². The quantitative estimate of drug-likeness (QED) is 0.574. The highest BCUT2D eigenvalue weighted by atomic mass is 32.1. The van der Waals surface area contributed by atoms with Crippen LogP contribution in [0.3, 0.4) is 0 Å². The molecule has 1 aliphatic carbocycles. The van der Waals surface area contributed by atoms with Gasteiger partial charge in [-0.15, -0.1) is 11.3 Å². The monoisotopic (exact) mass is 466 g/mol. The summed E-state index contributed by atoms with van der Waals surface area (Å²) in [6.07, 6.45) is 1.48. The summed E-state index contributed by atoms with van der Waals surface area (Å²) in [5.74, 6) is -3.33. The van der Waals surface area contributed by atoms with Crippen LogP contribution in [0.2, 0.25) is 0 Å². The average Bonchev–Trinajstić information content (AvgIpc) is 3.50. The molecule has 33 heavy (non-hydrogen) atoms. The summed E-state index contributed by atoms with van der Waals surface area (Å²) >= 11 is 1.60. The Balaban J connectivity index is 1.29. The Morgan fingerprint density at radius 3 is 2.70 bits per heavy atom. The van der Waals surface area contributed by atoms with Gasteiger partial charge in [0.1, 0.15) is 6.04 Å².